The van der Waals surface area contributed by atoms with Crippen LogP contribution in [0.2, 0.25) is 0 Å². The van der Waals surface area contributed by atoms with E-state index in [9.17, 15) is 25.3 Å². The number of nitrogens with zero attached hydrogens (tertiary/aromatic N) is 2. The summed E-state index contributed by atoms with van der Waals surface area (Å²) in [5.74, 6) is -0.654. The van der Waals surface area contributed by atoms with Gasteiger partial charge < -0.3 is 5.11 Å². The van der Waals surface area contributed by atoms with Gasteiger partial charge in [0.05, 0.1) is 5.92 Å². The summed E-state index contributed by atoms with van der Waals surface area (Å²) >= 11 is 0. The predicted octanol–water partition coefficient (Wildman–Crippen LogP) is 0.848. The molecule has 92 valence electrons. The summed E-state index contributed by atoms with van der Waals surface area (Å²) in [6.07, 6.45) is 0.365. The van der Waals surface area contributed by atoms with Gasteiger partial charge in [-0.3, -0.25) is 20.2 Å². The van der Waals surface area contributed by atoms with E-state index < -0.39 is 34.0 Å². The van der Waals surface area contributed by atoms with Gasteiger partial charge in [-0.05, 0) is 12.8 Å². The number of aliphatic hydroxyl groups is 1. The minimum Gasteiger partial charge on any atom is -0.386 e. The van der Waals surface area contributed by atoms with E-state index in [-0.39, 0.29) is 12.8 Å². The summed E-state index contributed by atoms with van der Waals surface area (Å²) in [5, 5.41) is 31.2. The molecule has 7 heteroatoms. The SMILES string of the molecule is CCCC1C([N+](=O)[O-])CCC(O)C1[N+](=O)[O-]. The van der Waals surface area contributed by atoms with Crippen LogP contribution in [0.25, 0.3) is 0 Å². The third-order valence-corrected chi connectivity index (χ3v) is 3.22. The zero-order valence-corrected chi connectivity index (χ0v) is 9.11. The van der Waals surface area contributed by atoms with E-state index >= 15 is 0 Å². The maximum absolute atomic E-state index is 10.8. The molecular weight excluding hydrogens is 216 g/mol. The van der Waals surface area contributed by atoms with Crippen LogP contribution in [0.1, 0.15) is 32.6 Å². The van der Waals surface area contributed by atoms with E-state index in [1.165, 1.54) is 0 Å². The Balaban J connectivity index is 2.91. The highest BCUT2D eigenvalue weighted by Crippen LogP contribution is 2.32. The van der Waals surface area contributed by atoms with Gasteiger partial charge in [0.15, 0.2) is 0 Å². The molecule has 1 rings (SSSR count). The average molecular weight is 232 g/mol. The van der Waals surface area contributed by atoms with Gasteiger partial charge in [0.2, 0.25) is 12.1 Å². The molecule has 1 saturated carbocycles. The second kappa shape index (κ2) is 5.20. The zero-order chi connectivity index (χ0) is 12.3. The Labute approximate surface area is 92.8 Å². The number of rotatable bonds is 4. The van der Waals surface area contributed by atoms with Crippen molar-refractivity contribution in [1.29, 1.82) is 0 Å². The summed E-state index contributed by atoms with van der Waals surface area (Å²) in [6.45, 7) is 1.83. The molecule has 0 aromatic rings. The van der Waals surface area contributed by atoms with Crippen molar-refractivity contribution in [3.8, 4) is 0 Å². The van der Waals surface area contributed by atoms with Crippen LogP contribution in [0.3, 0.4) is 0 Å². The zero-order valence-electron chi connectivity index (χ0n) is 9.11. The highest BCUT2D eigenvalue weighted by Gasteiger charge is 2.51. The first-order valence-corrected chi connectivity index (χ1v) is 5.44. The molecule has 1 aliphatic carbocycles. The van der Waals surface area contributed by atoms with Gasteiger partial charge in [-0.25, -0.2) is 0 Å². The molecule has 0 aliphatic heterocycles. The van der Waals surface area contributed by atoms with Gasteiger partial charge in [-0.2, -0.15) is 0 Å². The molecule has 0 spiro atoms. The number of hydrogen-bond donors (Lipinski definition) is 1. The van der Waals surface area contributed by atoms with Crippen LogP contribution in [0.4, 0.5) is 0 Å². The fourth-order valence-corrected chi connectivity index (χ4v) is 2.49. The fourth-order valence-electron chi connectivity index (χ4n) is 2.49. The largest absolute Gasteiger partial charge is 0.386 e. The smallest absolute Gasteiger partial charge is 0.247 e. The highest BCUT2D eigenvalue weighted by atomic mass is 16.6. The summed E-state index contributed by atoms with van der Waals surface area (Å²) in [6, 6.07) is -2.08. The molecule has 4 atom stereocenters. The first-order chi connectivity index (χ1) is 7.49. The third-order valence-electron chi connectivity index (χ3n) is 3.22. The summed E-state index contributed by atoms with van der Waals surface area (Å²) in [7, 11) is 0. The van der Waals surface area contributed by atoms with E-state index in [2.05, 4.69) is 0 Å². The lowest BCUT2D eigenvalue weighted by atomic mass is 9.77. The van der Waals surface area contributed by atoms with Crippen molar-refractivity contribution < 1.29 is 15.0 Å². The van der Waals surface area contributed by atoms with Crippen LogP contribution in [0, 0.1) is 26.1 Å². The number of aliphatic hydroxyl groups excluding tert-OH is 1. The van der Waals surface area contributed by atoms with Crippen molar-refractivity contribution in [3.63, 3.8) is 0 Å². The average Bonchev–Trinajstić information content (AvgIpc) is 2.17. The lowest BCUT2D eigenvalue weighted by Crippen LogP contribution is -2.51. The molecule has 0 amide bonds. The second-order valence-corrected chi connectivity index (χ2v) is 4.23. The van der Waals surface area contributed by atoms with Crippen molar-refractivity contribution in [1.82, 2.24) is 0 Å². The molecule has 16 heavy (non-hydrogen) atoms. The van der Waals surface area contributed by atoms with Crippen LogP contribution < -0.4 is 0 Å². The Kier molecular flexibility index (Phi) is 4.17. The van der Waals surface area contributed by atoms with Crippen LogP contribution in [0.5, 0.6) is 0 Å². The van der Waals surface area contributed by atoms with Gasteiger partial charge in [-0.15, -0.1) is 0 Å². The molecule has 0 bridgehead atoms. The lowest BCUT2D eigenvalue weighted by molar-refractivity contribution is -0.591. The Bertz CT molecular complexity index is 283. The molecule has 1 N–H and O–H groups in total. The molecule has 4 unspecified atom stereocenters. The summed E-state index contributed by atoms with van der Waals surface area (Å²) in [4.78, 5) is 20.6. The van der Waals surface area contributed by atoms with Gasteiger partial charge in [0.1, 0.15) is 6.10 Å². The van der Waals surface area contributed by atoms with Crippen LogP contribution in [-0.4, -0.2) is 33.1 Å². The minimum absolute atomic E-state index is 0.136. The van der Waals surface area contributed by atoms with Crippen molar-refractivity contribution in [2.45, 2.75) is 50.8 Å². The van der Waals surface area contributed by atoms with Crippen molar-refractivity contribution in [2.24, 2.45) is 5.92 Å². The molecule has 0 aromatic carbocycles. The monoisotopic (exact) mass is 232 g/mol. The topological polar surface area (TPSA) is 107 Å². The van der Waals surface area contributed by atoms with Crippen molar-refractivity contribution >= 4 is 0 Å². The Hall–Kier alpha value is -1.24. The molecule has 0 heterocycles. The minimum atomic E-state index is -1.19. The summed E-state index contributed by atoms with van der Waals surface area (Å²) < 4.78 is 0. The van der Waals surface area contributed by atoms with Gasteiger partial charge >= 0.3 is 0 Å². The van der Waals surface area contributed by atoms with E-state index in [0.29, 0.717) is 12.8 Å². The molecular formula is C9H16N2O5. The predicted molar refractivity (Wildman–Crippen MR) is 55.2 cm³/mol. The number of nitro groups is 2. The lowest BCUT2D eigenvalue weighted by Gasteiger charge is -2.31. The van der Waals surface area contributed by atoms with Crippen LogP contribution >= 0.6 is 0 Å². The molecule has 7 nitrogen and oxygen atoms in total. The first kappa shape index (κ1) is 12.8. The molecule has 1 fully saturated rings. The van der Waals surface area contributed by atoms with Crippen molar-refractivity contribution in [3.05, 3.63) is 20.2 Å². The molecule has 0 aromatic heterocycles. The van der Waals surface area contributed by atoms with Crippen LogP contribution in [-0.2, 0) is 0 Å². The molecule has 1 aliphatic rings. The van der Waals surface area contributed by atoms with E-state index in [1.807, 2.05) is 6.92 Å². The maximum atomic E-state index is 10.8. The van der Waals surface area contributed by atoms with E-state index in [1.54, 1.807) is 0 Å². The Morgan fingerprint density at radius 2 is 1.88 bits per heavy atom. The van der Waals surface area contributed by atoms with Crippen molar-refractivity contribution in [2.75, 3.05) is 0 Å². The normalized spacial score (nSPS) is 34.6. The third kappa shape index (κ3) is 2.46. The maximum Gasteiger partial charge on any atom is 0.247 e. The van der Waals surface area contributed by atoms with E-state index in [0.717, 1.165) is 0 Å². The van der Waals surface area contributed by atoms with Gasteiger partial charge in [0.25, 0.3) is 0 Å². The molecule has 0 saturated heterocycles. The van der Waals surface area contributed by atoms with Crippen LogP contribution in [0.15, 0.2) is 0 Å². The van der Waals surface area contributed by atoms with Gasteiger partial charge in [-0.1, -0.05) is 13.3 Å². The first-order valence-electron chi connectivity index (χ1n) is 5.44. The summed E-state index contributed by atoms with van der Waals surface area (Å²) in [5.41, 5.74) is 0. The Morgan fingerprint density at radius 3 is 2.31 bits per heavy atom. The van der Waals surface area contributed by atoms with E-state index in [4.69, 9.17) is 0 Å². The Morgan fingerprint density at radius 1 is 1.25 bits per heavy atom. The van der Waals surface area contributed by atoms with Gasteiger partial charge in [0, 0.05) is 16.3 Å². The molecule has 0 radical (unpaired) electrons. The quantitative estimate of drug-likeness (QED) is 0.571. The number of hydrogen-bond acceptors (Lipinski definition) is 5. The second-order valence-electron chi connectivity index (χ2n) is 4.23. The highest BCUT2D eigenvalue weighted by molar-refractivity contribution is 4.87. The fraction of sp³-hybridized carbons (Fsp3) is 1.00. The standard InChI is InChI=1S/C9H16N2O5/c1-2-3-6-7(10(13)14)4-5-8(12)9(6)11(15)16/h6-9,12H,2-5H2,1H3.